The number of carbonyl (C=O) groups is 1. The van der Waals surface area contributed by atoms with Crippen molar-refractivity contribution in [2.75, 3.05) is 30.1 Å². The molecule has 34 heavy (non-hydrogen) atoms. The lowest BCUT2D eigenvalue weighted by atomic mass is 9.80. The van der Waals surface area contributed by atoms with E-state index in [1.807, 2.05) is 36.6 Å². The van der Waals surface area contributed by atoms with Crippen LogP contribution in [0.5, 0.6) is 5.75 Å². The summed E-state index contributed by atoms with van der Waals surface area (Å²) in [6.45, 7) is 4.28. The molecule has 0 amide bonds. The van der Waals surface area contributed by atoms with Crippen LogP contribution in [0.1, 0.15) is 39.5 Å². The third-order valence-corrected chi connectivity index (χ3v) is 8.92. The van der Waals surface area contributed by atoms with Crippen LogP contribution in [0.25, 0.3) is 0 Å². The minimum Gasteiger partial charge on any atom is -0.489 e. The van der Waals surface area contributed by atoms with Crippen molar-refractivity contribution in [2.45, 2.75) is 55.4 Å². The molecule has 1 unspecified atom stereocenters. The predicted molar refractivity (Wildman–Crippen MR) is 135 cm³/mol. The Kier molecular flexibility index (Phi) is 8.54. The highest BCUT2D eigenvalue weighted by Crippen LogP contribution is 2.47. The molecule has 0 bridgehead atoms. The van der Waals surface area contributed by atoms with Gasteiger partial charge in [0, 0.05) is 23.7 Å². The van der Waals surface area contributed by atoms with Crippen LogP contribution in [0.3, 0.4) is 0 Å². The van der Waals surface area contributed by atoms with Crippen molar-refractivity contribution in [2.24, 2.45) is 5.41 Å². The molecule has 0 aliphatic carbocycles. The average molecular weight is 508 g/mol. The number of rotatable bonds is 10. The third kappa shape index (κ3) is 5.70. The molecule has 0 fully saturated rings. The number of aliphatic carboxylic acids is 1. The first-order valence-electron chi connectivity index (χ1n) is 11.5. The lowest BCUT2D eigenvalue weighted by Gasteiger charge is -2.37. The van der Waals surface area contributed by atoms with E-state index in [2.05, 4.69) is 18.7 Å². The minimum atomic E-state index is -3.68. The summed E-state index contributed by atoms with van der Waals surface area (Å²) >= 11 is 1.38. The van der Waals surface area contributed by atoms with Gasteiger partial charge in [-0.3, -0.25) is 0 Å². The molecule has 0 aromatic heterocycles. The molecule has 1 heterocycles. The molecular formula is C25H33NO6S2. The first kappa shape index (κ1) is 26.4. The number of carboxylic acids is 1. The molecule has 0 radical (unpaired) electrons. The highest BCUT2D eigenvalue weighted by atomic mass is 32.2. The van der Waals surface area contributed by atoms with Crippen molar-refractivity contribution in [3.63, 3.8) is 0 Å². The van der Waals surface area contributed by atoms with Gasteiger partial charge in [-0.15, -0.1) is 11.8 Å². The number of sulfone groups is 1. The fourth-order valence-corrected chi connectivity index (χ4v) is 7.44. The molecule has 0 saturated heterocycles. The number of fused-ring (bicyclic) bond motifs is 1. The van der Waals surface area contributed by atoms with Crippen molar-refractivity contribution in [3.05, 3.63) is 42.5 Å². The van der Waals surface area contributed by atoms with Gasteiger partial charge < -0.3 is 19.8 Å². The summed E-state index contributed by atoms with van der Waals surface area (Å²) in [5.41, 5.74) is 1.10. The van der Waals surface area contributed by atoms with Crippen LogP contribution in [0, 0.1) is 5.41 Å². The standard InChI is InChI=1S/C25H33NO6S2/c1-4-11-25(12-5-2)16-26(18-9-7-6-8-10-18)19-13-22(33-3)21(32-15-20(27)24(28)29)14-23(19)34(30,31)17-25/h6-10,13-14,20,27H,4-5,11-12,15-17H2,1-3H3,(H,28,29). The van der Waals surface area contributed by atoms with Gasteiger partial charge in [-0.1, -0.05) is 44.9 Å². The zero-order chi connectivity index (χ0) is 24.9. The third-order valence-electron chi connectivity index (χ3n) is 6.17. The zero-order valence-electron chi connectivity index (χ0n) is 19.9. The van der Waals surface area contributed by atoms with Crippen molar-refractivity contribution in [1.29, 1.82) is 0 Å². The molecule has 186 valence electrons. The molecule has 7 nitrogen and oxygen atoms in total. The van der Waals surface area contributed by atoms with Gasteiger partial charge in [0.05, 0.1) is 21.2 Å². The van der Waals surface area contributed by atoms with E-state index in [9.17, 15) is 18.3 Å². The van der Waals surface area contributed by atoms with Gasteiger partial charge in [-0.05, 0) is 37.3 Å². The first-order chi connectivity index (χ1) is 16.2. The Bertz CT molecular complexity index is 1100. The van der Waals surface area contributed by atoms with Gasteiger partial charge in [0.1, 0.15) is 12.4 Å². The Labute approximate surface area is 206 Å². The van der Waals surface area contributed by atoms with Crippen LogP contribution < -0.4 is 9.64 Å². The quantitative estimate of drug-likeness (QED) is 0.444. The summed E-state index contributed by atoms with van der Waals surface area (Å²) in [5.74, 6) is -1.11. The molecule has 2 N–H and O–H groups in total. The van der Waals surface area contributed by atoms with E-state index in [0.717, 1.165) is 31.4 Å². The van der Waals surface area contributed by atoms with Crippen LogP contribution in [0.15, 0.2) is 52.3 Å². The molecule has 9 heteroatoms. The molecule has 0 saturated carbocycles. The number of carboxylic acid groups (broad SMARTS) is 1. The molecule has 3 rings (SSSR count). The summed E-state index contributed by atoms with van der Waals surface area (Å²) in [6.07, 6.45) is 3.49. The zero-order valence-corrected chi connectivity index (χ0v) is 21.5. The average Bonchev–Trinajstić information content (AvgIpc) is 2.89. The van der Waals surface area contributed by atoms with Gasteiger partial charge >= 0.3 is 5.97 Å². The normalized spacial score (nSPS) is 17.5. The Balaban J connectivity index is 2.20. The molecule has 2 aromatic carbocycles. The monoisotopic (exact) mass is 507 g/mol. The van der Waals surface area contributed by atoms with Gasteiger partial charge in [0.2, 0.25) is 0 Å². The molecule has 1 aliphatic heterocycles. The van der Waals surface area contributed by atoms with E-state index in [4.69, 9.17) is 9.84 Å². The van der Waals surface area contributed by atoms with E-state index in [1.165, 1.54) is 17.8 Å². The van der Waals surface area contributed by atoms with Crippen molar-refractivity contribution >= 4 is 38.9 Å². The second-order valence-electron chi connectivity index (χ2n) is 8.82. The highest BCUT2D eigenvalue weighted by molar-refractivity contribution is 7.98. The van der Waals surface area contributed by atoms with Crippen LogP contribution in [0.4, 0.5) is 11.4 Å². The van der Waals surface area contributed by atoms with E-state index in [-0.39, 0.29) is 16.4 Å². The number of thioether (sulfide) groups is 1. The maximum atomic E-state index is 13.8. The van der Waals surface area contributed by atoms with Gasteiger partial charge in [-0.25, -0.2) is 13.2 Å². The van der Waals surface area contributed by atoms with E-state index in [0.29, 0.717) is 17.1 Å². The summed E-state index contributed by atoms with van der Waals surface area (Å²) in [6, 6.07) is 13.1. The van der Waals surface area contributed by atoms with Gasteiger partial charge in [-0.2, -0.15) is 0 Å². The fourth-order valence-electron chi connectivity index (χ4n) is 4.78. The molecular weight excluding hydrogens is 474 g/mol. The second kappa shape index (κ2) is 11.0. The second-order valence-corrected chi connectivity index (χ2v) is 11.6. The Hall–Kier alpha value is -2.23. The van der Waals surface area contributed by atoms with Crippen molar-refractivity contribution in [3.8, 4) is 5.75 Å². The Morgan fingerprint density at radius 1 is 1.18 bits per heavy atom. The van der Waals surface area contributed by atoms with Gasteiger partial charge in [0.25, 0.3) is 0 Å². The summed E-state index contributed by atoms with van der Waals surface area (Å²) < 4.78 is 33.2. The van der Waals surface area contributed by atoms with E-state index < -0.39 is 33.9 Å². The maximum absolute atomic E-state index is 13.8. The number of benzene rings is 2. The summed E-state index contributed by atoms with van der Waals surface area (Å²) in [4.78, 5) is 14.0. The van der Waals surface area contributed by atoms with Gasteiger partial charge in [0.15, 0.2) is 15.9 Å². The molecule has 2 aromatic rings. The summed E-state index contributed by atoms with van der Waals surface area (Å²) in [5, 5.41) is 18.6. The summed E-state index contributed by atoms with van der Waals surface area (Å²) in [7, 11) is -3.68. The molecule has 1 atom stereocenters. The topological polar surface area (TPSA) is 104 Å². The number of hydrogen-bond acceptors (Lipinski definition) is 7. The smallest absolute Gasteiger partial charge is 0.336 e. The number of nitrogens with zero attached hydrogens (tertiary/aromatic N) is 1. The minimum absolute atomic E-state index is 0.0355. The first-order valence-corrected chi connectivity index (χ1v) is 14.3. The van der Waals surface area contributed by atoms with Crippen LogP contribution in [0.2, 0.25) is 0 Å². The molecule has 0 spiro atoms. The maximum Gasteiger partial charge on any atom is 0.336 e. The van der Waals surface area contributed by atoms with Crippen molar-refractivity contribution < 1.29 is 28.2 Å². The van der Waals surface area contributed by atoms with E-state index >= 15 is 0 Å². The largest absolute Gasteiger partial charge is 0.489 e. The number of ether oxygens (including phenoxy) is 1. The SMILES string of the molecule is CCCC1(CCC)CN(c2ccccc2)c2cc(SC)c(OCC(O)C(=O)O)cc2S(=O)(=O)C1. The Morgan fingerprint density at radius 3 is 2.38 bits per heavy atom. The highest BCUT2D eigenvalue weighted by Gasteiger charge is 2.42. The number of para-hydroxylation sites is 1. The van der Waals surface area contributed by atoms with Crippen LogP contribution in [-0.2, 0) is 14.6 Å². The number of aliphatic hydroxyl groups excluding tert-OH is 1. The molecule has 1 aliphatic rings. The number of hydrogen-bond donors (Lipinski definition) is 2. The lowest BCUT2D eigenvalue weighted by molar-refractivity contribution is -0.148. The van der Waals surface area contributed by atoms with Crippen LogP contribution in [-0.4, -0.2) is 55.9 Å². The van der Waals surface area contributed by atoms with Crippen LogP contribution >= 0.6 is 11.8 Å². The van der Waals surface area contributed by atoms with E-state index in [1.54, 1.807) is 6.07 Å². The fraction of sp³-hybridized carbons (Fsp3) is 0.480. The number of aliphatic hydroxyl groups is 1. The Morgan fingerprint density at radius 2 is 1.82 bits per heavy atom. The van der Waals surface area contributed by atoms with Crippen molar-refractivity contribution in [1.82, 2.24) is 0 Å². The lowest BCUT2D eigenvalue weighted by Crippen LogP contribution is -2.38. The number of anilines is 2. The predicted octanol–water partition coefficient (Wildman–Crippen LogP) is 4.74.